The lowest BCUT2D eigenvalue weighted by molar-refractivity contribution is 0.106. The summed E-state index contributed by atoms with van der Waals surface area (Å²) in [6.07, 6.45) is 3.92. The number of anilines is 2. The lowest BCUT2D eigenvalue weighted by Gasteiger charge is -2.36. The fourth-order valence-corrected chi connectivity index (χ4v) is 2.78. The molecule has 1 saturated carbocycles. The Hall–Kier alpha value is -1.23. The number of aliphatic hydroxyl groups is 1. The minimum atomic E-state index is -0.261. The number of likely N-dealkylation sites (N-methyl/N-ethyl adjacent to an activating group) is 1. The fraction of sp³-hybridized carbons (Fsp3) is 0.750. The maximum atomic E-state index is 10.1. The number of nitrogens with zero attached hydrogens (tertiary/aromatic N) is 3. The Bertz CT molecular complexity index is 401. The Morgan fingerprint density at radius 2 is 2.06 bits per heavy atom. The van der Waals surface area contributed by atoms with E-state index in [1.54, 1.807) is 4.68 Å². The molecule has 1 aliphatic carbocycles. The van der Waals surface area contributed by atoms with Gasteiger partial charge >= 0.3 is 0 Å². The van der Waals surface area contributed by atoms with E-state index in [1.165, 1.54) is 6.42 Å². The highest BCUT2D eigenvalue weighted by Gasteiger charge is 2.29. The highest BCUT2D eigenvalue weighted by molar-refractivity contribution is 5.66. The van der Waals surface area contributed by atoms with Gasteiger partial charge in [0.15, 0.2) is 0 Å². The number of nitrogen functional groups attached to an aromatic ring is 1. The second kappa shape index (κ2) is 4.56. The quantitative estimate of drug-likeness (QED) is 0.808. The first kappa shape index (κ1) is 12.2. The van der Waals surface area contributed by atoms with Crippen LogP contribution in [0.15, 0.2) is 0 Å². The summed E-state index contributed by atoms with van der Waals surface area (Å²) in [7, 11) is 3.89. The molecule has 1 aromatic rings. The SMILES string of the molecule is Cc1nn(C)c(N(C)C2CCCCC2O)c1N. The molecule has 2 atom stereocenters. The maximum Gasteiger partial charge on any atom is 0.150 e. The van der Waals surface area contributed by atoms with Gasteiger partial charge in [-0.15, -0.1) is 0 Å². The van der Waals surface area contributed by atoms with Gasteiger partial charge < -0.3 is 15.7 Å². The van der Waals surface area contributed by atoms with Crippen LogP contribution in [0.5, 0.6) is 0 Å². The summed E-state index contributed by atoms with van der Waals surface area (Å²) in [5.74, 6) is 0.911. The summed E-state index contributed by atoms with van der Waals surface area (Å²) < 4.78 is 1.80. The Morgan fingerprint density at radius 1 is 1.41 bits per heavy atom. The molecule has 0 amide bonds. The molecule has 2 unspecified atom stereocenters. The third-order valence-corrected chi connectivity index (χ3v) is 3.76. The molecule has 0 aliphatic heterocycles. The van der Waals surface area contributed by atoms with Gasteiger partial charge in [0, 0.05) is 14.1 Å². The van der Waals surface area contributed by atoms with E-state index in [9.17, 15) is 5.11 Å². The third kappa shape index (κ3) is 2.11. The minimum Gasteiger partial charge on any atom is -0.394 e. The van der Waals surface area contributed by atoms with Gasteiger partial charge in [-0.3, -0.25) is 4.68 Å². The third-order valence-electron chi connectivity index (χ3n) is 3.76. The molecule has 1 fully saturated rings. The van der Waals surface area contributed by atoms with Crippen molar-refractivity contribution in [2.75, 3.05) is 17.7 Å². The van der Waals surface area contributed by atoms with Gasteiger partial charge in [0.05, 0.1) is 23.5 Å². The smallest absolute Gasteiger partial charge is 0.150 e. The van der Waals surface area contributed by atoms with Crippen LogP contribution in [0.4, 0.5) is 11.5 Å². The molecule has 0 spiro atoms. The zero-order valence-corrected chi connectivity index (χ0v) is 10.8. The van der Waals surface area contributed by atoms with Crippen LogP contribution in [0.3, 0.4) is 0 Å². The summed E-state index contributed by atoms with van der Waals surface area (Å²) in [6.45, 7) is 1.91. The normalized spacial score (nSPS) is 24.9. The maximum absolute atomic E-state index is 10.1. The van der Waals surface area contributed by atoms with E-state index >= 15 is 0 Å². The first-order valence-corrected chi connectivity index (χ1v) is 6.22. The van der Waals surface area contributed by atoms with Crippen LogP contribution in [-0.2, 0) is 7.05 Å². The summed E-state index contributed by atoms with van der Waals surface area (Å²) in [4.78, 5) is 2.08. The average molecular weight is 238 g/mol. The van der Waals surface area contributed by atoms with Crippen LogP contribution in [-0.4, -0.2) is 34.1 Å². The summed E-state index contributed by atoms with van der Waals surface area (Å²) in [5.41, 5.74) is 7.61. The van der Waals surface area contributed by atoms with Gasteiger partial charge in [-0.05, 0) is 19.8 Å². The van der Waals surface area contributed by atoms with Crippen molar-refractivity contribution in [1.82, 2.24) is 9.78 Å². The standard InChI is InChI=1S/C12H22N4O/c1-8-11(13)12(16(3)14-8)15(2)9-6-4-5-7-10(9)17/h9-10,17H,4-7,13H2,1-3H3. The molecular weight excluding hydrogens is 216 g/mol. The van der Waals surface area contributed by atoms with Crippen LogP contribution >= 0.6 is 0 Å². The molecule has 0 radical (unpaired) electrons. The molecule has 0 saturated heterocycles. The van der Waals surface area contributed by atoms with Gasteiger partial charge in [0.2, 0.25) is 0 Å². The Balaban J connectivity index is 2.26. The van der Waals surface area contributed by atoms with E-state index in [-0.39, 0.29) is 12.1 Å². The second-order valence-electron chi connectivity index (χ2n) is 4.98. The van der Waals surface area contributed by atoms with Gasteiger partial charge in [-0.2, -0.15) is 5.10 Å². The number of aliphatic hydroxyl groups excluding tert-OH is 1. The second-order valence-corrected chi connectivity index (χ2v) is 4.98. The molecule has 2 rings (SSSR count). The minimum absolute atomic E-state index is 0.154. The molecule has 0 aromatic carbocycles. The lowest BCUT2D eigenvalue weighted by Crippen LogP contribution is -2.44. The van der Waals surface area contributed by atoms with Crippen molar-refractivity contribution in [3.8, 4) is 0 Å². The van der Waals surface area contributed by atoms with Crippen LogP contribution in [0, 0.1) is 6.92 Å². The van der Waals surface area contributed by atoms with Crippen molar-refractivity contribution in [2.24, 2.45) is 7.05 Å². The van der Waals surface area contributed by atoms with Crippen molar-refractivity contribution in [2.45, 2.75) is 44.8 Å². The number of aromatic nitrogens is 2. The summed E-state index contributed by atoms with van der Waals surface area (Å²) in [6, 6.07) is 0.154. The molecule has 1 aromatic heterocycles. The highest BCUT2D eigenvalue weighted by atomic mass is 16.3. The van der Waals surface area contributed by atoms with Crippen LogP contribution in [0.2, 0.25) is 0 Å². The first-order valence-electron chi connectivity index (χ1n) is 6.22. The molecule has 96 valence electrons. The number of aryl methyl sites for hydroxylation is 2. The molecule has 5 heteroatoms. The molecule has 5 nitrogen and oxygen atoms in total. The highest BCUT2D eigenvalue weighted by Crippen LogP contribution is 2.31. The van der Waals surface area contributed by atoms with E-state index in [0.717, 1.165) is 30.8 Å². The molecule has 17 heavy (non-hydrogen) atoms. The first-order chi connectivity index (χ1) is 8.02. The van der Waals surface area contributed by atoms with E-state index in [2.05, 4.69) is 10.00 Å². The topological polar surface area (TPSA) is 67.3 Å². The van der Waals surface area contributed by atoms with Gasteiger partial charge in [-0.1, -0.05) is 12.8 Å². The molecule has 1 aliphatic rings. The fourth-order valence-electron chi connectivity index (χ4n) is 2.78. The van der Waals surface area contributed by atoms with E-state index in [0.29, 0.717) is 5.69 Å². The predicted octanol–water partition coefficient (Wildman–Crippen LogP) is 1.05. The predicted molar refractivity (Wildman–Crippen MR) is 69.0 cm³/mol. The lowest BCUT2D eigenvalue weighted by atomic mass is 9.91. The zero-order chi connectivity index (χ0) is 12.6. The number of nitrogens with two attached hydrogens (primary N) is 1. The molecule has 3 N–H and O–H groups in total. The van der Waals surface area contributed by atoms with Gasteiger partial charge in [0.25, 0.3) is 0 Å². The van der Waals surface area contributed by atoms with E-state index < -0.39 is 0 Å². The number of hydrogen-bond donors (Lipinski definition) is 2. The molecule has 0 bridgehead atoms. The zero-order valence-electron chi connectivity index (χ0n) is 10.8. The Kier molecular flexibility index (Phi) is 3.28. The van der Waals surface area contributed by atoms with Crippen molar-refractivity contribution in [3.05, 3.63) is 5.69 Å². The number of hydrogen-bond acceptors (Lipinski definition) is 4. The largest absolute Gasteiger partial charge is 0.394 e. The number of rotatable bonds is 2. The summed E-state index contributed by atoms with van der Waals surface area (Å²) in [5, 5.41) is 14.4. The monoisotopic (exact) mass is 238 g/mol. The molecule has 1 heterocycles. The van der Waals surface area contributed by atoms with Crippen molar-refractivity contribution in [3.63, 3.8) is 0 Å². The Morgan fingerprint density at radius 3 is 2.59 bits per heavy atom. The van der Waals surface area contributed by atoms with Crippen LogP contribution in [0.1, 0.15) is 31.4 Å². The van der Waals surface area contributed by atoms with E-state index in [1.807, 2.05) is 21.0 Å². The molecular formula is C12H22N4O. The average Bonchev–Trinajstić information content (AvgIpc) is 2.53. The Labute approximate surface area is 102 Å². The van der Waals surface area contributed by atoms with Crippen LogP contribution in [0.25, 0.3) is 0 Å². The van der Waals surface area contributed by atoms with Gasteiger partial charge in [-0.25, -0.2) is 0 Å². The van der Waals surface area contributed by atoms with Crippen molar-refractivity contribution >= 4 is 11.5 Å². The van der Waals surface area contributed by atoms with Crippen molar-refractivity contribution in [1.29, 1.82) is 0 Å². The van der Waals surface area contributed by atoms with Crippen molar-refractivity contribution < 1.29 is 5.11 Å². The summed E-state index contributed by atoms with van der Waals surface area (Å²) >= 11 is 0. The van der Waals surface area contributed by atoms with Gasteiger partial charge in [0.1, 0.15) is 5.82 Å². The van der Waals surface area contributed by atoms with Crippen LogP contribution < -0.4 is 10.6 Å². The van der Waals surface area contributed by atoms with E-state index in [4.69, 9.17) is 5.73 Å².